The highest BCUT2D eigenvalue weighted by molar-refractivity contribution is 5.91. The molecule has 0 saturated carbocycles. The van der Waals surface area contributed by atoms with Crippen molar-refractivity contribution in [2.24, 2.45) is 5.73 Å². The third-order valence-corrected chi connectivity index (χ3v) is 3.96. The topological polar surface area (TPSA) is 122 Å². The lowest BCUT2D eigenvalue weighted by atomic mass is 10.0. The van der Waals surface area contributed by atoms with Crippen LogP contribution in [0.4, 0.5) is 0 Å². The Bertz CT molecular complexity index is 772. The summed E-state index contributed by atoms with van der Waals surface area (Å²) < 4.78 is 0. The Morgan fingerprint density at radius 1 is 0.857 bits per heavy atom. The van der Waals surface area contributed by atoms with E-state index in [-0.39, 0.29) is 18.8 Å². The van der Waals surface area contributed by atoms with E-state index in [4.69, 9.17) is 10.8 Å². The van der Waals surface area contributed by atoms with Crippen molar-refractivity contribution in [2.75, 3.05) is 6.54 Å². The van der Waals surface area contributed by atoms with Crippen molar-refractivity contribution in [1.29, 1.82) is 0 Å². The zero-order chi connectivity index (χ0) is 19.6. The SMILES string of the molecule is Cl.N[C@@H](Cc1ccccc1)C(=O)N[C@@H](Cc1ccccc1)C(=O)NCC(=O)O. The Kier molecular flexibility index (Phi) is 9.70. The van der Waals surface area contributed by atoms with Crippen LogP contribution in [0.5, 0.6) is 0 Å². The average molecular weight is 406 g/mol. The summed E-state index contributed by atoms with van der Waals surface area (Å²) in [7, 11) is 0. The van der Waals surface area contributed by atoms with Gasteiger partial charge in [-0.3, -0.25) is 14.4 Å². The highest BCUT2D eigenvalue weighted by Crippen LogP contribution is 2.06. The molecular formula is C20H24ClN3O4. The lowest BCUT2D eigenvalue weighted by Crippen LogP contribution is -2.53. The summed E-state index contributed by atoms with van der Waals surface area (Å²) in [5.41, 5.74) is 7.73. The minimum absolute atomic E-state index is 0. The van der Waals surface area contributed by atoms with Crippen LogP contribution in [-0.4, -0.2) is 41.5 Å². The van der Waals surface area contributed by atoms with Gasteiger partial charge in [-0.15, -0.1) is 12.4 Å². The standard InChI is InChI=1S/C20H23N3O4.ClH/c21-16(11-14-7-3-1-4-8-14)19(26)23-17(20(27)22-13-18(24)25)12-15-9-5-2-6-10-15;/h1-10,16-17H,11-13,21H2,(H,22,27)(H,23,26)(H,24,25);1H/t16-,17-;/m0./s1. The molecule has 8 heteroatoms. The molecule has 0 saturated heterocycles. The van der Waals surface area contributed by atoms with Crippen LogP contribution >= 0.6 is 12.4 Å². The summed E-state index contributed by atoms with van der Waals surface area (Å²) in [6, 6.07) is 16.7. The first-order chi connectivity index (χ1) is 13.0. The molecule has 0 unspecified atom stereocenters. The van der Waals surface area contributed by atoms with Gasteiger partial charge in [-0.05, 0) is 17.5 Å². The van der Waals surface area contributed by atoms with Crippen LogP contribution in [0.2, 0.25) is 0 Å². The van der Waals surface area contributed by atoms with Gasteiger partial charge >= 0.3 is 5.97 Å². The van der Waals surface area contributed by atoms with E-state index in [1.54, 1.807) is 0 Å². The van der Waals surface area contributed by atoms with E-state index in [1.165, 1.54) is 0 Å². The van der Waals surface area contributed by atoms with Crippen molar-refractivity contribution >= 4 is 30.2 Å². The van der Waals surface area contributed by atoms with E-state index in [0.29, 0.717) is 6.42 Å². The number of nitrogens with one attached hydrogen (secondary N) is 2. The zero-order valence-corrected chi connectivity index (χ0v) is 16.0. The van der Waals surface area contributed by atoms with Crippen LogP contribution in [0.25, 0.3) is 0 Å². The number of carboxylic acids is 1. The van der Waals surface area contributed by atoms with Gasteiger partial charge in [0.2, 0.25) is 11.8 Å². The molecular weight excluding hydrogens is 382 g/mol. The molecule has 0 aliphatic carbocycles. The lowest BCUT2D eigenvalue weighted by molar-refractivity contribution is -0.138. The van der Waals surface area contributed by atoms with Crippen molar-refractivity contribution < 1.29 is 19.5 Å². The second-order valence-corrected chi connectivity index (χ2v) is 6.16. The number of nitrogens with two attached hydrogens (primary N) is 1. The summed E-state index contributed by atoms with van der Waals surface area (Å²) in [6.07, 6.45) is 0.567. The smallest absolute Gasteiger partial charge is 0.322 e. The molecule has 2 rings (SSSR count). The predicted octanol–water partition coefficient (Wildman–Crippen LogP) is 0.906. The van der Waals surface area contributed by atoms with Crippen molar-refractivity contribution in [1.82, 2.24) is 10.6 Å². The van der Waals surface area contributed by atoms with E-state index in [2.05, 4.69) is 10.6 Å². The first-order valence-electron chi connectivity index (χ1n) is 8.59. The van der Waals surface area contributed by atoms with Gasteiger partial charge in [-0.2, -0.15) is 0 Å². The Balaban J connectivity index is 0.00000392. The van der Waals surface area contributed by atoms with Crippen molar-refractivity contribution in [3.63, 3.8) is 0 Å². The number of hydrogen-bond donors (Lipinski definition) is 4. The van der Waals surface area contributed by atoms with Gasteiger partial charge in [-0.1, -0.05) is 60.7 Å². The Hall–Kier alpha value is -2.90. The van der Waals surface area contributed by atoms with E-state index in [0.717, 1.165) is 11.1 Å². The number of benzene rings is 2. The highest BCUT2D eigenvalue weighted by atomic mass is 35.5. The van der Waals surface area contributed by atoms with Crippen LogP contribution in [0.1, 0.15) is 11.1 Å². The van der Waals surface area contributed by atoms with E-state index in [9.17, 15) is 14.4 Å². The summed E-state index contributed by atoms with van der Waals surface area (Å²) in [6.45, 7) is -0.518. The molecule has 0 aliphatic heterocycles. The fourth-order valence-electron chi connectivity index (χ4n) is 2.58. The molecule has 0 aliphatic rings. The molecule has 28 heavy (non-hydrogen) atoms. The number of carboxylic acid groups (broad SMARTS) is 1. The number of carbonyl (C=O) groups is 3. The van der Waals surface area contributed by atoms with Gasteiger partial charge in [0.25, 0.3) is 0 Å². The van der Waals surface area contributed by atoms with Crippen molar-refractivity contribution in [3.8, 4) is 0 Å². The average Bonchev–Trinajstić information content (AvgIpc) is 2.67. The summed E-state index contributed by atoms with van der Waals surface area (Å²) in [5.74, 6) is -2.19. The molecule has 0 bridgehead atoms. The molecule has 0 aromatic heterocycles. The first kappa shape index (κ1) is 23.1. The first-order valence-corrected chi connectivity index (χ1v) is 8.59. The van der Waals surface area contributed by atoms with Gasteiger partial charge in [0.1, 0.15) is 12.6 Å². The second-order valence-electron chi connectivity index (χ2n) is 6.16. The van der Waals surface area contributed by atoms with Gasteiger partial charge in [-0.25, -0.2) is 0 Å². The number of rotatable bonds is 9. The van der Waals surface area contributed by atoms with Crippen LogP contribution < -0.4 is 16.4 Å². The molecule has 0 heterocycles. The third-order valence-electron chi connectivity index (χ3n) is 3.96. The Morgan fingerprint density at radius 2 is 1.36 bits per heavy atom. The molecule has 2 atom stereocenters. The largest absolute Gasteiger partial charge is 0.480 e. The number of hydrogen-bond acceptors (Lipinski definition) is 4. The minimum Gasteiger partial charge on any atom is -0.480 e. The van der Waals surface area contributed by atoms with E-state index < -0.39 is 36.4 Å². The van der Waals surface area contributed by atoms with Gasteiger partial charge in [0, 0.05) is 6.42 Å². The maximum absolute atomic E-state index is 12.5. The van der Waals surface area contributed by atoms with E-state index >= 15 is 0 Å². The number of aliphatic carboxylic acids is 1. The molecule has 0 radical (unpaired) electrons. The summed E-state index contributed by atoms with van der Waals surface area (Å²) in [5, 5.41) is 13.7. The van der Waals surface area contributed by atoms with Gasteiger partial charge < -0.3 is 21.5 Å². The molecule has 0 fully saturated rings. The monoisotopic (exact) mass is 405 g/mol. The van der Waals surface area contributed by atoms with Crippen LogP contribution in [0.3, 0.4) is 0 Å². The Morgan fingerprint density at radius 3 is 1.86 bits per heavy atom. The number of halogens is 1. The fourth-order valence-corrected chi connectivity index (χ4v) is 2.58. The third kappa shape index (κ3) is 7.77. The predicted molar refractivity (Wildman–Crippen MR) is 108 cm³/mol. The van der Waals surface area contributed by atoms with Gasteiger partial charge in [0.15, 0.2) is 0 Å². The molecule has 150 valence electrons. The Labute approximate surface area is 169 Å². The van der Waals surface area contributed by atoms with Crippen molar-refractivity contribution in [3.05, 3.63) is 71.8 Å². The van der Waals surface area contributed by atoms with E-state index in [1.807, 2.05) is 60.7 Å². The summed E-state index contributed by atoms with van der Waals surface area (Å²) >= 11 is 0. The second kappa shape index (κ2) is 11.7. The quantitative estimate of drug-likeness (QED) is 0.494. The van der Waals surface area contributed by atoms with Crippen molar-refractivity contribution in [2.45, 2.75) is 24.9 Å². The molecule has 2 amide bonds. The lowest BCUT2D eigenvalue weighted by Gasteiger charge is -2.20. The maximum atomic E-state index is 12.5. The van der Waals surface area contributed by atoms with Gasteiger partial charge in [0.05, 0.1) is 6.04 Å². The fraction of sp³-hybridized carbons (Fsp3) is 0.250. The normalized spacial score (nSPS) is 12.2. The number of carbonyl (C=O) groups excluding carboxylic acids is 2. The molecule has 5 N–H and O–H groups in total. The summed E-state index contributed by atoms with van der Waals surface area (Å²) in [4.78, 5) is 35.5. The number of amides is 2. The minimum atomic E-state index is -1.16. The molecule has 2 aromatic carbocycles. The maximum Gasteiger partial charge on any atom is 0.322 e. The molecule has 0 spiro atoms. The molecule has 2 aromatic rings. The highest BCUT2D eigenvalue weighted by Gasteiger charge is 2.24. The van der Waals surface area contributed by atoms with Crippen LogP contribution in [0, 0.1) is 0 Å². The van der Waals surface area contributed by atoms with Crippen LogP contribution in [0.15, 0.2) is 60.7 Å². The van der Waals surface area contributed by atoms with Crippen LogP contribution in [-0.2, 0) is 27.2 Å². The zero-order valence-electron chi connectivity index (χ0n) is 15.2. The molecule has 7 nitrogen and oxygen atoms in total.